The quantitative estimate of drug-likeness (QED) is 0.633. The largest absolute Gasteiger partial charge is 0.444 e. The van der Waals surface area contributed by atoms with Gasteiger partial charge in [-0.05, 0) is 51.7 Å². The Kier molecular flexibility index (Phi) is 6.04. The number of pyridine rings is 2. The summed E-state index contributed by atoms with van der Waals surface area (Å²) in [7, 11) is 1.97. The minimum absolute atomic E-state index is 0.226. The molecule has 8 nitrogen and oxygen atoms in total. The Morgan fingerprint density at radius 1 is 1.16 bits per heavy atom. The van der Waals surface area contributed by atoms with Gasteiger partial charge < -0.3 is 19.5 Å². The molecular weight excluding hydrogens is 404 g/mol. The van der Waals surface area contributed by atoms with Gasteiger partial charge in [-0.1, -0.05) is 6.92 Å². The predicted octanol–water partition coefficient (Wildman–Crippen LogP) is 4.78. The van der Waals surface area contributed by atoms with Crippen LogP contribution in [0.5, 0.6) is 0 Å². The number of likely N-dealkylation sites (tertiary alicyclic amines) is 1. The number of carbonyl (C=O) groups excluding carboxylic acids is 1. The number of hydrogen-bond donors (Lipinski definition) is 1. The minimum atomic E-state index is -0.468. The van der Waals surface area contributed by atoms with Gasteiger partial charge in [-0.3, -0.25) is 4.98 Å². The van der Waals surface area contributed by atoms with Crippen LogP contribution in [0.3, 0.4) is 0 Å². The highest BCUT2D eigenvalue weighted by atomic mass is 16.6. The van der Waals surface area contributed by atoms with Crippen LogP contribution in [-0.4, -0.2) is 49.2 Å². The summed E-state index contributed by atoms with van der Waals surface area (Å²) < 4.78 is 7.49. The van der Waals surface area contributed by atoms with E-state index in [1.165, 1.54) is 5.56 Å². The zero-order chi connectivity index (χ0) is 22.9. The van der Waals surface area contributed by atoms with Gasteiger partial charge in [0.15, 0.2) is 0 Å². The van der Waals surface area contributed by atoms with Gasteiger partial charge >= 0.3 is 6.09 Å². The van der Waals surface area contributed by atoms with Crippen molar-refractivity contribution in [3.05, 3.63) is 42.1 Å². The van der Waals surface area contributed by atoms with Crippen LogP contribution in [-0.2, 0) is 18.2 Å². The molecule has 0 aromatic carbocycles. The molecule has 170 valence electrons. The Hall–Kier alpha value is -3.16. The molecule has 0 aliphatic carbocycles. The molecule has 4 rings (SSSR count). The molecule has 0 spiro atoms. The molecule has 0 atom stereocenters. The first-order valence-corrected chi connectivity index (χ1v) is 11.2. The standard InChI is InChI=1S/C24H32N6O2/c1-6-16-11-18(17-7-9-30(10-8-17)23(31)32-24(2,3)4)25-13-19(16)28-22-12-21-20(14-26-22)27-15-29(21)5/h11-15,17H,6-10H2,1-5H3,(H,26,28). The fourth-order valence-electron chi connectivity index (χ4n) is 4.07. The van der Waals surface area contributed by atoms with Gasteiger partial charge in [-0.15, -0.1) is 0 Å². The van der Waals surface area contributed by atoms with E-state index in [-0.39, 0.29) is 6.09 Å². The van der Waals surface area contributed by atoms with Crippen LogP contribution in [0.2, 0.25) is 0 Å². The monoisotopic (exact) mass is 436 g/mol. The number of fused-ring (bicyclic) bond motifs is 1. The summed E-state index contributed by atoms with van der Waals surface area (Å²) in [6, 6.07) is 4.20. The summed E-state index contributed by atoms with van der Waals surface area (Å²) in [5.74, 6) is 1.12. The number of aryl methyl sites for hydroxylation is 2. The number of nitrogens with one attached hydrogen (secondary N) is 1. The highest BCUT2D eigenvalue weighted by Crippen LogP contribution is 2.30. The second kappa shape index (κ2) is 8.76. The minimum Gasteiger partial charge on any atom is -0.444 e. The fraction of sp³-hybridized carbons (Fsp3) is 0.500. The Morgan fingerprint density at radius 3 is 2.59 bits per heavy atom. The lowest BCUT2D eigenvalue weighted by molar-refractivity contribution is 0.0204. The van der Waals surface area contributed by atoms with Crippen LogP contribution in [0.25, 0.3) is 11.0 Å². The number of carbonyl (C=O) groups is 1. The molecule has 1 N–H and O–H groups in total. The lowest BCUT2D eigenvalue weighted by Gasteiger charge is -2.33. The molecule has 1 aliphatic heterocycles. The van der Waals surface area contributed by atoms with Gasteiger partial charge in [-0.25, -0.2) is 14.8 Å². The number of hydrogen-bond acceptors (Lipinski definition) is 6. The summed E-state index contributed by atoms with van der Waals surface area (Å²) in [5.41, 5.74) is 4.70. The van der Waals surface area contributed by atoms with Crippen LogP contribution in [0, 0.1) is 0 Å². The second-order valence-corrected chi connectivity index (χ2v) is 9.40. The van der Waals surface area contributed by atoms with Crippen molar-refractivity contribution in [3.8, 4) is 0 Å². The SMILES string of the molecule is CCc1cc(C2CCN(C(=O)OC(C)(C)C)CC2)ncc1Nc1cc2c(cn1)ncn2C. The molecule has 3 aromatic rings. The van der Waals surface area contributed by atoms with Gasteiger partial charge in [0.05, 0.1) is 29.9 Å². The average molecular weight is 437 g/mol. The lowest BCUT2D eigenvalue weighted by Crippen LogP contribution is -2.41. The van der Waals surface area contributed by atoms with Crippen molar-refractivity contribution in [2.24, 2.45) is 7.05 Å². The first-order valence-electron chi connectivity index (χ1n) is 11.2. The van der Waals surface area contributed by atoms with Crippen molar-refractivity contribution in [2.75, 3.05) is 18.4 Å². The topological polar surface area (TPSA) is 85.2 Å². The molecule has 4 heterocycles. The van der Waals surface area contributed by atoms with Gasteiger partial charge in [-0.2, -0.15) is 0 Å². The van der Waals surface area contributed by atoms with E-state index in [4.69, 9.17) is 9.72 Å². The van der Waals surface area contributed by atoms with Crippen molar-refractivity contribution in [1.29, 1.82) is 0 Å². The second-order valence-electron chi connectivity index (χ2n) is 9.40. The summed E-state index contributed by atoms with van der Waals surface area (Å²) in [6.45, 7) is 9.22. The van der Waals surface area contributed by atoms with Crippen molar-refractivity contribution < 1.29 is 9.53 Å². The lowest BCUT2D eigenvalue weighted by atomic mass is 9.92. The van der Waals surface area contributed by atoms with Crippen LogP contribution >= 0.6 is 0 Å². The Balaban J connectivity index is 1.44. The van der Waals surface area contributed by atoms with E-state index < -0.39 is 5.60 Å². The third-order valence-electron chi connectivity index (χ3n) is 5.83. The highest BCUT2D eigenvalue weighted by molar-refractivity contribution is 5.78. The molecule has 1 amide bonds. The Morgan fingerprint density at radius 2 is 1.91 bits per heavy atom. The average Bonchev–Trinajstić information content (AvgIpc) is 3.13. The Bertz CT molecular complexity index is 1110. The first-order chi connectivity index (χ1) is 15.2. The molecule has 0 unspecified atom stereocenters. The smallest absolute Gasteiger partial charge is 0.410 e. The van der Waals surface area contributed by atoms with Crippen molar-refractivity contribution >= 4 is 28.6 Å². The predicted molar refractivity (Wildman–Crippen MR) is 125 cm³/mol. The van der Waals surface area contributed by atoms with E-state index in [0.717, 1.165) is 47.5 Å². The van der Waals surface area contributed by atoms with Crippen LogP contribution < -0.4 is 5.32 Å². The van der Waals surface area contributed by atoms with E-state index in [9.17, 15) is 4.79 Å². The number of rotatable bonds is 4. The number of anilines is 2. The maximum atomic E-state index is 12.3. The van der Waals surface area contributed by atoms with E-state index >= 15 is 0 Å². The first kappa shape index (κ1) is 22.0. The maximum absolute atomic E-state index is 12.3. The van der Waals surface area contributed by atoms with E-state index in [0.29, 0.717) is 19.0 Å². The van der Waals surface area contributed by atoms with E-state index in [2.05, 4.69) is 28.3 Å². The van der Waals surface area contributed by atoms with E-state index in [1.807, 2.05) is 44.6 Å². The number of ether oxygens (including phenoxy) is 1. The van der Waals surface area contributed by atoms with Crippen LogP contribution in [0.1, 0.15) is 57.7 Å². The van der Waals surface area contributed by atoms with Crippen LogP contribution in [0.4, 0.5) is 16.3 Å². The van der Waals surface area contributed by atoms with Crippen molar-refractivity contribution in [2.45, 2.75) is 58.5 Å². The molecule has 0 bridgehead atoms. The molecule has 8 heteroatoms. The molecule has 3 aromatic heterocycles. The Labute approximate surface area is 189 Å². The molecule has 0 radical (unpaired) electrons. The van der Waals surface area contributed by atoms with Crippen molar-refractivity contribution in [3.63, 3.8) is 0 Å². The number of piperidine rings is 1. The van der Waals surface area contributed by atoms with Gasteiger partial charge in [0.2, 0.25) is 0 Å². The zero-order valence-corrected chi connectivity index (χ0v) is 19.6. The van der Waals surface area contributed by atoms with Crippen LogP contribution in [0.15, 0.2) is 30.9 Å². The summed E-state index contributed by atoms with van der Waals surface area (Å²) in [4.78, 5) is 27.7. The number of amides is 1. The molecule has 1 fully saturated rings. The molecule has 0 saturated carbocycles. The fourth-order valence-corrected chi connectivity index (χ4v) is 4.07. The third kappa shape index (κ3) is 4.84. The van der Waals surface area contributed by atoms with Gasteiger partial charge in [0.1, 0.15) is 16.9 Å². The number of imidazole rings is 1. The summed E-state index contributed by atoms with van der Waals surface area (Å²) in [6.07, 6.45) is 7.92. The maximum Gasteiger partial charge on any atom is 0.410 e. The van der Waals surface area contributed by atoms with Crippen molar-refractivity contribution in [1.82, 2.24) is 24.4 Å². The van der Waals surface area contributed by atoms with Gasteiger partial charge in [0, 0.05) is 37.8 Å². The number of nitrogens with zero attached hydrogens (tertiary/aromatic N) is 5. The zero-order valence-electron chi connectivity index (χ0n) is 19.6. The third-order valence-corrected chi connectivity index (χ3v) is 5.83. The number of aromatic nitrogens is 4. The highest BCUT2D eigenvalue weighted by Gasteiger charge is 2.28. The molecule has 32 heavy (non-hydrogen) atoms. The normalized spacial score (nSPS) is 15.2. The summed E-state index contributed by atoms with van der Waals surface area (Å²) in [5, 5.41) is 3.42. The molecular formula is C24H32N6O2. The summed E-state index contributed by atoms with van der Waals surface area (Å²) >= 11 is 0. The molecule has 1 aliphatic rings. The molecule has 1 saturated heterocycles. The van der Waals surface area contributed by atoms with Gasteiger partial charge in [0.25, 0.3) is 0 Å². The van der Waals surface area contributed by atoms with E-state index in [1.54, 1.807) is 17.4 Å².